The monoisotopic (exact) mass is 330 g/mol. The van der Waals surface area contributed by atoms with Crippen LogP contribution >= 0.6 is 0 Å². The minimum Gasteiger partial charge on any atom is -0.508 e. The Morgan fingerprint density at radius 2 is 1.08 bits per heavy atom. The third-order valence-electron chi connectivity index (χ3n) is 5.33. The van der Waals surface area contributed by atoms with Gasteiger partial charge in [-0.05, 0) is 47.7 Å². The van der Waals surface area contributed by atoms with E-state index in [-0.39, 0.29) is 11.8 Å². The summed E-state index contributed by atoms with van der Waals surface area (Å²) in [5.41, 5.74) is 7.35. The molecule has 0 heterocycles. The predicted octanol–water partition coefficient (Wildman–Crippen LogP) is 6.31. The van der Waals surface area contributed by atoms with Crippen LogP contribution in [0, 0.1) is 13.8 Å². The molecule has 0 aliphatic rings. The average molecular weight is 330 g/mol. The van der Waals surface area contributed by atoms with Crippen LogP contribution in [0.2, 0.25) is 0 Å². The maximum absolute atomic E-state index is 10.7. The molecule has 1 heteroatoms. The van der Waals surface area contributed by atoms with E-state index in [0.717, 1.165) is 5.56 Å². The molecular weight excluding hydrogens is 304 g/mol. The largest absolute Gasteiger partial charge is 0.508 e. The quantitative estimate of drug-likeness (QED) is 0.594. The van der Waals surface area contributed by atoms with E-state index in [2.05, 4.69) is 82.3 Å². The summed E-state index contributed by atoms with van der Waals surface area (Å²) in [4.78, 5) is 0. The number of rotatable bonds is 4. The predicted molar refractivity (Wildman–Crippen MR) is 105 cm³/mol. The molecule has 0 fully saturated rings. The van der Waals surface area contributed by atoms with E-state index in [0.29, 0.717) is 5.75 Å². The summed E-state index contributed by atoms with van der Waals surface area (Å²) < 4.78 is 0. The van der Waals surface area contributed by atoms with Gasteiger partial charge in [0, 0.05) is 17.4 Å². The Hall–Kier alpha value is -2.54. The molecule has 2 unspecified atom stereocenters. The lowest BCUT2D eigenvalue weighted by Crippen LogP contribution is -2.07. The molecule has 1 nitrogen and oxygen atoms in total. The van der Waals surface area contributed by atoms with Crippen LogP contribution in [-0.2, 0) is 0 Å². The first-order chi connectivity index (χ1) is 12.0. The van der Waals surface area contributed by atoms with Gasteiger partial charge in [-0.2, -0.15) is 0 Å². The zero-order valence-electron chi connectivity index (χ0n) is 15.5. The smallest absolute Gasteiger partial charge is 0.119 e. The van der Waals surface area contributed by atoms with Gasteiger partial charge in [-0.25, -0.2) is 0 Å². The molecule has 1 N–H and O–H groups in total. The fourth-order valence-corrected chi connectivity index (χ4v) is 3.89. The number of benzene rings is 3. The molecule has 25 heavy (non-hydrogen) atoms. The van der Waals surface area contributed by atoms with E-state index < -0.39 is 0 Å². The zero-order valence-corrected chi connectivity index (χ0v) is 15.5. The molecule has 3 aromatic rings. The Balaban J connectivity index is 2.13. The van der Waals surface area contributed by atoms with Crippen molar-refractivity contribution in [2.75, 3.05) is 0 Å². The van der Waals surface area contributed by atoms with Gasteiger partial charge >= 0.3 is 0 Å². The van der Waals surface area contributed by atoms with Crippen molar-refractivity contribution in [1.29, 1.82) is 0 Å². The second-order valence-electron chi connectivity index (χ2n) is 6.94. The van der Waals surface area contributed by atoms with E-state index >= 15 is 0 Å². The summed E-state index contributed by atoms with van der Waals surface area (Å²) in [6.45, 7) is 8.70. The number of phenols is 1. The van der Waals surface area contributed by atoms with Crippen molar-refractivity contribution in [3.63, 3.8) is 0 Å². The Bertz CT molecular complexity index is 879. The summed E-state index contributed by atoms with van der Waals surface area (Å²) in [5, 5.41) is 10.7. The van der Waals surface area contributed by atoms with Gasteiger partial charge in [0.2, 0.25) is 0 Å². The fraction of sp³-hybridized carbons (Fsp3) is 0.250. The van der Waals surface area contributed by atoms with Crippen molar-refractivity contribution in [1.82, 2.24) is 0 Å². The summed E-state index contributed by atoms with van der Waals surface area (Å²) in [6, 6.07) is 22.8. The first-order valence-corrected chi connectivity index (χ1v) is 8.93. The summed E-state index contributed by atoms with van der Waals surface area (Å²) in [7, 11) is 0. The van der Waals surface area contributed by atoms with Crippen LogP contribution in [0.4, 0.5) is 0 Å². The van der Waals surface area contributed by atoms with Crippen molar-refractivity contribution < 1.29 is 5.11 Å². The van der Waals surface area contributed by atoms with Gasteiger partial charge < -0.3 is 5.11 Å². The lowest BCUT2D eigenvalue weighted by atomic mass is 9.80. The number of phenolic OH excluding ortho intramolecular Hbond substituents is 1. The van der Waals surface area contributed by atoms with Crippen molar-refractivity contribution in [3.8, 4) is 5.75 Å². The molecule has 3 rings (SSSR count). The topological polar surface area (TPSA) is 20.2 Å². The molecule has 2 atom stereocenters. The fourth-order valence-electron chi connectivity index (χ4n) is 3.89. The van der Waals surface area contributed by atoms with E-state index in [1.165, 1.54) is 27.8 Å². The molecular formula is C24H26O. The highest BCUT2D eigenvalue weighted by Crippen LogP contribution is 2.40. The maximum Gasteiger partial charge on any atom is 0.119 e. The van der Waals surface area contributed by atoms with E-state index in [1.54, 1.807) is 6.07 Å². The Kier molecular flexibility index (Phi) is 4.94. The van der Waals surface area contributed by atoms with Crippen LogP contribution < -0.4 is 0 Å². The van der Waals surface area contributed by atoms with Crippen LogP contribution in [0.1, 0.15) is 59.1 Å². The Labute approximate surface area is 151 Å². The SMILES string of the molecule is Cc1ccccc1C(C)c1cccc(O)c1C(C)c1ccccc1C. The number of aryl methyl sites for hydroxylation is 2. The zero-order chi connectivity index (χ0) is 18.0. The number of hydrogen-bond donors (Lipinski definition) is 1. The number of aromatic hydroxyl groups is 1. The molecule has 0 bridgehead atoms. The Morgan fingerprint density at radius 1 is 0.600 bits per heavy atom. The lowest BCUT2D eigenvalue weighted by Gasteiger charge is -2.24. The third kappa shape index (κ3) is 3.32. The van der Waals surface area contributed by atoms with Gasteiger partial charge in [0.05, 0.1) is 0 Å². The van der Waals surface area contributed by atoms with E-state index in [1.807, 2.05) is 6.07 Å². The molecule has 0 amide bonds. The van der Waals surface area contributed by atoms with Crippen molar-refractivity contribution in [3.05, 3.63) is 100 Å². The maximum atomic E-state index is 10.7. The van der Waals surface area contributed by atoms with Gasteiger partial charge in [-0.1, -0.05) is 74.5 Å². The van der Waals surface area contributed by atoms with Gasteiger partial charge in [0.15, 0.2) is 0 Å². The highest BCUT2D eigenvalue weighted by atomic mass is 16.3. The second kappa shape index (κ2) is 7.14. The van der Waals surface area contributed by atoms with Gasteiger partial charge in [0.25, 0.3) is 0 Å². The minimum atomic E-state index is 0.142. The third-order valence-corrected chi connectivity index (χ3v) is 5.33. The van der Waals surface area contributed by atoms with Crippen molar-refractivity contribution in [2.24, 2.45) is 0 Å². The van der Waals surface area contributed by atoms with Crippen molar-refractivity contribution >= 4 is 0 Å². The van der Waals surface area contributed by atoms with Crippen LogP contribution in [0.5, 0.6) is 5.75 Å². The van der Waals surface area contributed by atoms with Crippen LogP contribution in [0.3, 0.4) is 0 Å². The van der Waals surface area contributed by atoms with Gasteiger partial charge in [-0.15, -0.1) is 0 Å². The molecule has 0 spiro atoms. The lowest BCUT2D eigenvalue weighted by molar-refractivity contribution is 0.464. The molecule has 0 radical (unpaired) electrons. The minimum absolute atomic E-state index is 0.142. The van der Waals surface area contributed by atoms with Gasteiger partial charge in [0.1, 0.15) is 5.75 Å². The summed E-state index contributed by atoms with van der Waals surface area (Å²) in [6.07, 6.45) is 0. The number of hydrogen-bond acceptors (Lipinski definition) is 1. The van der Waals surface area contributed by atoms with Gasteiger partial charge in [-0.3, -0.25) is 0 Å². The van der Waals surface area contributed by atoms with E-state index in [9.17, 15) is 5.11 Å². The standard InChI is InChI=1S/C24H26O/c1-16-10-5-7-12-20(16)18(3)22-14-9-15-23(25)24(22)19(4)21-13-8-6-11-17(21)2/h5-15,18-19,25H,1-4H3. The summed E-state index contributed by atoms with van der Waals surface area (Å²) in [5.74, 6) is 0.757. The molecule has 3 aromatic carbocycles. The highest BCUT2D eigenvalue weighted by Gasteiger charge is 2.22. The molecule has 0 aromatic heterocycles. The average Bonchev–Trinajstić information content (AvgIpc) is 2.61. The summed E-state index contributed by atoms with van der Waals surface area (Å²) >= 11 is 0. The molecule has 128 valence electrons. The molecule has 0 aliphatic heterocycles. The second-order valence-corrected chi connectivity index (χ2v) is 6.94. The highest BCUT2D eigenvalue weighted by molar-refractivity contribution is 5.51. The van der Waals surface area contributed by atoms with E-state index in [4.69, 9.17) is 0 Å². The Morgan fingerprint density at radius 3 is 1.64 bits per heavy atom. The first kappa shape index (κ1) is 17.3. The van der Waals surface area contributed by atoms with Crippen LogP contribution in [0.25, 0.3) is 0 Å². The molecule has 0 aliphatic carbocycles. The molecule has 0 saturated carbocycles. The van der Waals surface area contributed by atoms with Crippen LogP contribution in [-0.4, -0.2) is 5.11 Å². The van der Waals surface area contributed by atoms with Crippen molar-refractivity contribution in [2.45, 2.75) is 39.5 Å². The first-order valence-electron chi connectivity index (χ1n) is 8.93. The van der Waals surface area contributed by atoms with Crippen LogP contribution in [0.15, 0.2) is 66.7 Å². The molecule has 0 saturated heterocycles. The normalized spacial score (nSPS) is 13.4.